The molecule has 256 valence electrons. The van der Waals surface area contributed by atoms with Gasteiger partial charge in [-0.05, 0) is 63.7 Å². The molecule has 0 spiro atoms. The van der Waals surface area contributed by atoms with E-state index in [1.807, 2.05) is 97.1 Å². The molecule has 1 saturated heterocycles. The van der Waals surface area contributed by atoms with Crippen LogP contribution in [-0.2, 0) is 29.2 Å². The van der Waals surface area contributed by atoms with Gasteiger partial charge in [0.1, 0.15) is 0 Å². The van der Waals surface area contributed by atoms with Gasteiger partial charge in [0.15, 0.2) is 6.29 Å². The van der Waals surface area contributed by atoms with E-state index in [-0.39, 0.29) is 36.3 Å². The normalized spacial score (nSPS) is 18.7. The molecule has 9 heteroatoms. The van der Waals surface area contributed by atoms with Crippen LogP contribution in [0.3, 0.4) is 0 Å². The lowest BCUT2D eigenvalue weighted by Gasteiger charge is -2.41. The van der Waals surface area contributed by atoms with Crippen molar-refractivity contribution >= 4 is 23.8 Å². The van der Waals surface area contributed by atoms with Gasteiger partial charge in [0.2, 0.25) is 0 Å². The number of ether oxygens (including phenoxy) is 2. The second-order valence-electron chi connectivity index (χ2n) is 12.3. The van der Waals surface area contributed by atoms with E-state index in [0.717, 1.165) is 43.8 Å². The number of rotatable bonds is 12. The fourth-order valence-electron chi connectivity index (χ4n) is 5.90. The summed E-state index contributed by atoms with van der Waals surface area (Å²) in [5.41, 5.74) is 7.09. The van der Waals surface area contributed by atoms with E-state index in [0.29, 0.717) is 18.8 Å². The Kier molecular flexibility index (Phi) is 11.6. The van der Waals surface area contributed by atoms with Crippen molar-refractivity contribution in [2.24, 2.45) is 5.92 Å². The first-order chi connectivity index (χ1) is 24.4. The number of hydrogen-bond acceptors (Lipinski definition) is 6. The van der Waals surface area contributed by atoms with Crippen LogP contribution in [0.5, 0.6) is 0 Å². The highest BCUT2D eigenvalue weighted by atomic mass is 32.2. The predicted octanol–water partition coefficient (Wildman–Crippen LogP) is 8.13. The van der Waals surface area contributed by atoms with Crippen molar-refractivity contribution in [1.82, 2.24) is 10.6 Å². The highest BCUT2D eigenvalue weighted by Crippen LogP contribution is 2.43. The number of thioether (sulfide) groups is 1. The molecule has 5 aromatic carbocycles. The molecule has 1 fully saturated rings. The number of aliphatic hydroxyl groups excluding tert-OH is 1. The van der Waals surface area contributed by atoms with Crippen molar-refractivity contribution in [1.29, 1.82) is 0 Å². The first-order valence-electron chi connectivity index (χ1n) is 16.6. The monoisotopic (exact) mass is 688 g/mol. The molecule has 0 bridgehead atoms. The SMILES string of the molecule is CC1C(CSc2ccc(C(=O)O)cc2)OC(c2ccc(-c3cccc(CNC(=O)NCc4ccccc4)c3)cc2)OC1c1ccc(CO)cc1. The van der Waals surface area contributed by atoms with Gasteiger partial charge in [-0.2, -0.15) is 0 Å². The topological polar surface area (TPSA) is 117 Å². The molecule has 8 nitrogen and oxygen atoms in total. The minimum Gasteiger partial charge on any atom is -0.478 e. The molecule has 1 heterocycles. The summed E-state index contributed by atoms with van der Waals surface area (Å²) in [6, 6.07) is 40.5. The molecule has 50 heavy (non-hydrogen) atoms. The van der Waals surface area contributed by atoms with E-state index in [2.05, 4.69) is 35.8 Å². The fourth-order valence-corrected chi connectivity index (χ4v) is 6.97. The molecule has 0 aliphatic carbocycles. The standard InChI is InChI=1S/C41H40N2O6S/c1-27-37(26-50-36-20-18-33(19-21-36)39(45)46)48-40(49-38(27)32-12-10-29(25-44)11-13-32)34-16-14-31(15-17-34)35-9-5-8-30(22-35)24-43-41(47)42-23-28-6-3-2-4-7-28/h2-22,27,37-38,40,44H,23-26H2,1H3,(H,45,46)(H2,42,43,47). The molecule has 2 amide bonds. The molecule has 4 N–H and O–H groups in total. The van der Waals surface area contributed by atoms with Crippen LogP contribution in [0.1, 0.15) is 57.5 Å². The number of hydrogen-bond donors (Lipinski definition) is 4. The highest BCUT2D eigenvalue weighted by molar-refractivity contribution is 7.99. The van der Waals surface area contributed by atoms with Crippen molar-refractivity contribution in [3.8, 4) is 11.1 Å². The Bertz CT molecular complexity index is 1870. The Morgan fingerprint density at radius 3 is 2.04 bits per heavy atom. The summed E-state index contributed by atoms with van der Waals surface area (Å²) in [7, 11) is 0. The maximum absolute atomic E-state index is 12.4. The number of urea groups is 1. The summed E-state index contributed by atoms with van der Waals surface area (Å²) < 4.78 is 13.2. The average molecular weight is 689 g/mol. The maximum Gasteiger partial charge on any atom is 0.335 e. The van der Waals surface area contributed by atoms with E-state index < -0.39 is 12.3 Å². The zero-order valence-corrected chi connectivity index (χ0v) is 28.5. The fraction of sp³-hybridized carbons (Fsp3) is 0.220. The molecule has 1 aliphatic heterocycles. The predicted molar refractivity (Wildman–Crippen MR) is 194 cm³/mol. The van der Waals surface area contributed by atoms with Crippen molar-refractivity contribution in [2.75, 3.05) is 5.75 Å². The van der Waals surface area contributed by atoms with Gasteiger partial charge in [-0.1, -0.05) is 104 Å². The van der Waals surface area contributed by atoms with E-state index in [9.17, 15) is 19.8 Å². The van der Waals surface area contributed by atoms with Crippen LogP contribution >= 0.6 is 11.8 Å². The number of nitrogens with one attached hydrogen (secondary N) is 2. The molecule has 6 rings (SSSR count). The molecule has 0 saturated carbocycles. The lowest BCUT2D eigenvalue weighted by molar-refractivity contribution is -0.268. The van der Waals surface area contributed by atoms with E-state index in [1.165, 1.54) is 0 Å². The Morgan fingerprint density at radius 1 is 0.700 bits per heavy atom. The Hall–Kier alpha value is -4.93. The van der Waals surface area contributed by atoms with Crippen molar-refractivity contribution < 1.29 is 29.3 Å². The van der Waals surface area contributed by atoms with Crippen LogP contribution in [0.25, 0.3) is 11.1 Å². The number of carbonyl (C=O) groups excluding carboxylic acids is 1. The minimum absolute atomic E-state index is 0.0214. The third-order valence-electron chi connectivity index (χ3n) is 8.83. The summed E-state index contributed by atoms with van der Waals surface area (Å²) in [6.07, 6.45) is -1.00. The Labute approximate surface area is 296 Å². The molecule has 0 aromatic heterocycles. The van der Waals surface area contributed by atoms with Crippen molar-refractivity contribution in [3.63, 3.8) is 0 Å². The lowest BCUT2D eigenvalue weighted by atomic mass is 9.91. The second-order valence-corrected chi connectivity index (χ2v) is 13.4. The number of aliphatic hydroxyl groups is 1. The van der Waals surface area contributed by atoms with Gasteiger partial charge in [0, 0.05) is 35.2 Å². The first-order valence-corrected chi connectivity index (χ1v) is 17.6. The number of amides is 2. The molecule has 0 radical (unpaired) electrons. The Morgan fingerprint density at radius 2 is 1.36 bits per heavy atom. The lowest BCUT2D eigenvalue weighted by Crippen LogP contribution is -2.38. The van der Waals surface area contributed by atoms with E-state index in [1.54, 1.807) is 23.9 Å². The van der Waals surface area contributed by atoms with Gasteiger partial charge >= 0.3 is 12.0 Å². The summed E-state index contributed by atoms with van der Waals surface area (Å²) >= 11 is 1.62. The van der Waals surface area contributed by atoms with E-state index >= 15 is 0 Å². The summed E-state index contributed by atoms with van der Waals surface area (Å²) in [5, 5.41) is 24.7. The number of carboxylic acids is 1. The quantitative estimate of drug-likeness (QED) is 0.0979. The van der Waals surface area contributed by atoms with Crippen LogP contribution in [0.2, 0.25) is 0 Å². The van der Waals surface area contributed by atoms with Crippen molar-refractivity contribution in [2.45, 2.75) is 50.0 Å². The van der Waals surface area contributed by atoms with Gasteiger partial charge < -0.3 is 30.3 Å². The largest absolute Gasteiger partial charge is 0.478 e. The van der Waals surface area contributed by atoms with Gasteiger partial charge in [-0.15, -0.1) is 11.8 Å². The van der Waals surface area contributed by atoms with Gasteiger partial charge in [-0.3, -0.25) is 0 Å². The van der Waals surface area contributed by atoms with Crippen LogP contribution < -0.4 is 10.6 Å². The van der Waals surface area contributed by atoms with Crippen LogP contribution in [0.15, 0.2) is 132 Å². The average Bonchev–Trinajstić information content (AvgIpc) is 3.16. The zero-order chi connectivity index (χ0) is 34.9. The zero-order valence-electron chi connectivity index (χ0n) is 27.7. The van der Waals surface area contributed by atoms with Gasteiger partial charge in [0.25, 0.3) is 0 Å². The summed E-state index contributed by atoms with van der Waals surface area (Å²) in [4.78, 5) is 24.6. The van der Waals surface area contributed by atoms with Gasteiger partial charge in [0.05, 0.1) is 24.4 Å². The summed E-state index contributed by atoms with van der Waals surface area (Å²) in [6.45, 7) is 2.96. The molecular formula is C41H40N2O6S. The van der Waals surface area contributed by atoms with Gasteiger partial charge in [-0.25, -0.2) is 9.59 Å². The second kappa shape index (κ2) is 16.7. The number of benzene rings is 5. The maximum atomic E-state index is 12.4. The number of carbonyl (C=O) groups is 2. The first kappa shape index (κ1) is 34.9. The third kappa shape index (κ3) is 8.99. The minimum atomic E-state index is -0.948. The van der Waals surface area contributed by atoms with Crippen molar-refractivity contribution in [3.05, 3.63) is 161 Å². The molecule has 4 atom stereocenters. The molecule has 4 unspecified atom stereocenters. The van der Waals surface area contributed by atoms with Crippen LogP contribution in [0.4, 0.5) is 4.79 Å². The number of aromatic carboxylic acids is 1. The van der Waals surface area contributed by atoms with Crippen LogP contribution in [-0.4, -0.2) is 34.1 Å². The molecular weight excluding hydrogens is 649 g/mol. The highest BCUT2D eigenvalue weighted by Gasteiger charge is 2.38. The summed E-state index contributed by atoms with van der Waals surface area (Å²) in [5.74, 6) is -0.272. The van der Waals surface area contributed by atoms with E-state index in [4.69, 9.17) is 9.47 Å². The Balaban J connectivity index is 1.13. The third-order valence-corrected chi connectivity index (χ3v) is 9.93. The number of carboxylic acid groups (broad SMARTS) is 1. The smallest absolute Gasteiger partial charge is 0.335 e. The molecule has 5 aromatic rings. The van der Waals surface area contributed by atoms with Crippen LogP contribution in [0, 0.1) is 5.92 Å². The molecule has 1 aliphatic rings.